The molecule has 1 aliphatic carbocycles. The first-order valence-corrected chi connectivity index (χ1v) is 12.0. The van der Waals surface area contributed by atoms with Gasteiger partial charge in [0.15, 0.2) is 0 Å². The lowest BCUT2D eigenvalue weighted by Crippen LogP contribution is -2.37. The molecule has 4 rings (SSSR count). The van der Waals surface area contributed by atoms with Gasteiger partial charge in [0.1, 0.15) is 11.5 Å². The summed E-state index contributed by atoms with van der Waals surface area (Å²) >= 11 is 6.41. The van der Waals surface area contributed by atoms with Crippen molar-refractivity contribution in [1.82, 2.24) is 4.90 Å². The first-order chi connectivity index (χ1) is 15.8. The first kappa shape index (κ1) is 23.4. The van der Waals surface area contributed by atoms with Gasteiger partial charge >= 0.3 is 0 Å². The molecule has 2 aliphatic rings. The number of aliphatic hydroxyl groups excluding tert-OH is 1. The molecule has 0 aromatic heterocycles. The van der Waals surface area contributed by atoms with Crippen LogP contribution in [0.4, 0.5) is 0 Å². The van der Waals surface area contributed by atoms with E-state index in [1.165, 1.54) is 5.56 Å². The van der Waals surface area contributed by atoms with Crippen LogP contribution in [-0.2, 0) is 9.59 Å². The van der Waals surface area contributed by atoms with Crippen molar-refractivity contribution < 1.29 is 19.4 Å². The van der Waals surface area contributed by atoms with Gasteiger partial charge in [-0.25, -0.2) is 0 Å². The van der Waals surface area contributed by atoms with Crippen molar-refractivity contribution in [3.63, 3.8) is 0 Å². The number of ketones is 1. The molecular weight excluding hydrogens is 438 g/mol. The molecule has 1 amide bonds. The van der Waals surface area contributed by atoms with Gasteiger partial charge in [-0.15, -0.1) is 0 Å². The molecule has 0 radical (unpaired) electrons. The van der Waals surface area contributed by atoms with E-state index in [4.69, 9.17) is 16.3 Å². The molecule has 2 aromatic rings. The molecule has 2 fully saturated rings. The minimum atomic E-state index is -0.671. The molecule has 1 N–H and O–H groups in total. The lowest BCUT2D eigenvalue weighted by atomic mass is 9.92. The van der Waals surface area contributed by atoms with Gasteiger partial charge in [0.25, 0.3) is 11.7 Å². The van der Waals surface area contributed by atoms with Gasteiger partial charge in [-0.05, 0) is 55.0 Å². The molecule has 1 unspecified atom stereocenters. The Balaban J connectivity index is 1.88. The molecule has 0 bridgehead atoms. The number of benzene rings is 2. The maximum atomic E-state index is 13.3. The van der Waals surface area contributed by atoms with Crippen molar-refractivity contribution in [3.05, 3.63) is 69.8 Å². The number of hydrogen-bond acceptors (Lipinski definition) is 4. The zero-order chi connectivity index (χ0) is 23.7. The summed E-state index contributed by atoms with van der Waals surface area (Å²) in [5.41, 5.74) is 2.35. The standard InChI is InChI=1S/C27H30ClNO4/c1-4-33-20-13-14-22(28)21(15-20)25(30)23-24(18-11-9-17(10-12-18)16(2)3)29(27(32)26(23)31)19-7-5-6-8-19/h9-16,19,24,30H,4-8H2,1-3H3/b25-23+. The topological polar surface area (TPSA) is 66.8 Å². The fraction of sp³-hybridized carbons (Fsp3) is 0.407. The number of hydrogen-bond donors (Lipinski definition) is 1. The van der Waals surface area contributed by atoms with Gasteiger partial charge in [0, 0.05) is 11.6 Å². The summed E-state index contributed by atoms with van der Waals surface area (Å²) in [5.74, 6) is -0.598. The number of amides is 1. The van der Waals surface area contributed by atoms with Crippen molar-refractivity contribution in [2.24, 2.45) is 0 Å². The molecule has 1 saturated carbocycles. The third-order valence-electron chi connectivity index (χ3n) is 6.62. The van der Waals surface area contributed by atoms with Crippen LogP contribution in [-0.4, -0.2) is 34.3 Å². The summed E-state index contributed by atoms with van der Waals surface area (Å²) < 4.78 is 5.56. The summed E-state index contributed by atoms with van der Waals surface area (Å²) in [5, 5.41) is 11.6. The summed E-state index contributed by atoms with van der Waals surface area (Å²) in [4.78, 5) is 28.2. The Bertz CT molecular complexity index is 1080. The van der Waals surface area contributed by atoms with Gasteiger partial charge in [-0.2, -0.15) is 0 Å². The number of halogens is 1. The zero-order valence-electron chi connectivity index (χ0n) is 19.3. The Morgan fingerprint density at radius 2 is 1.79 bits per heavy atom. The van der Waals surface area contributed by atoms with E-state index in [1.807, 2.05) is 31.2 Å². The molecule has 5 nitrogen and oxygen atoms in total. The smallest absolute Gasteiger partial charge is 0.295 e. The molecule has 6 heteroatoms. The van der Waals surface area contributed by atoms with Crippen LogP contribution in [0.3, 0.4) is 0 Å². The monoisotopic (exact) mass is 467 g/mol. The van der Waals surface area contributed by atoms with Crippen LogP contribution in [0.15, 0.2) is 48.0 Å². The average molecular weight is 468 g/mol. The highest BCUT2D eigenvalue weighted by molar-refractivity contribution is 6.47. The highest BCUT2D eigenvalue weighted by Crippen LogP contribution is 2.44. The van der Waals surface area contributed by atoms with Crippen LogP contribution in [0.25, 0.3) is 5.76 Å². The van der Waals surface area contributed by atoms with Crippen LogP contribution < -0.4 is 4.74 Å². The summed E-state index contributed by atoms with van der Waals surface area (Å²) in [7, 11) is 0. The molecule has 33 heavy (non-hydrogen) atoms. The minimum absolute atomic E-state index is 0.0215. The Morgan fingerprint density at radius 1 is 1.12 bits per heavy atom. The summed E-state index contributed by atoms with van der Waals surface area (Å²) in [6.45, 7) is 6.55. The second kappa shape index (κ2) is 9.60. The fourth-order valence-electron chi connectivity index (χ4n) is 4.89. The van der Waals surface area contributed by atoms with Gasteiger partial charge in [-0.3, -0.25) is 9.59 Å². The first-order valence-electron chi connectivity index (χ1n) is 11.7. The van der Waals surface area contributed by atoms with Crippen LogP contribution in [0.5, 0.6) is 5.75 Å². The second-order valence-electron chi connectivity index (χ2n) is 9.04. The van der Waals surface area contributed by atoms with Crippen LogP contribution in [0.1, 0.15) is 75.1 Å². The van der Waals surface area contributed by atoms with Crippen molar-refractivity contribution in [1.29, 1.82) is 0 Å². The van der Waals surface area contributed by atoms with Crippen molar-refractivity contribution in [2.75, 3.05) is 6.61 Å². The Kier molecular flexibility index (Phi) is 6.80. The molecule has 0 spiro atoms. The quantitative estimate of drug-likeness (QED) is 0.311. The lowest BCUT2D eigenvalue weighted by molar-refractivity contribution is -0.141. The Morgan fingerprint density at radius 3 is 2.39 bits per heavy atom. The minimum Gasteiger partial charge on any atom is -0.507 e. The van der Waals surface area contributed by atoms with Crippen LogP contribution in [0.2, 0.25) is 5.02 Å². The Hall–Kier alpha value is -2.79. The molecule has 2 aromatic carbocycles. The van der Waals surface area contributed by atoms with Gasteiger partial charge in [0.05, 0.1) is 23.2 Å². The highest BCUT2D eigenvalue weighted by atomic mass is 35.5. The number of rotatable bonds is 6. The predicted molar refractivity (Wildman–Crippen MR) is 130 cm³/mol. The normalized spacial score (nSPS) is 20.8. The van der Waals surface area contributed by atoms with E-state index in [-0.39, 0.29) is 28.0 Å². The molecular formula is C27H30ClNO4. The van der Waals surface area contributed by atoms with Crippen molar-refractivity contribution >= 4 is 29.1 Å². The van der Waals surface area contributed by atoms with Crippen molar-refractivity contribution in [3.8, 4) is 5.75 Å². The number of nitrogens with zero attached hydrogens (tertiary/aromatic N) is 1. The van der Waals surface area contributed by atoms with E-state index >= 15 is 0 Å². The van der Waals surface area contributed by atoms with Gasteiger partial charge < -0.3 is 14.7 Å². The number of carbonyl (C=O) groups is 2. The summed E-state index contributed by atoms with van der Waals surface area (Å²) in [6.07, 6.45) is 3.76. The maximum absolute atomic E-state index is 13.3. The lowest BCUT2D eigenvalue weighted by Gasteiger charge is -2.31. The van der Waals surface area contributed by atoms with Crippen LogP contribution in [0, 0.1) is 0 Å². The second-order valence-corrected chi connectivity index (χ2v) is 9.45. The molecule has 1 saturated heterocycles. The SMILES string of the molecule is CCOc1ccc(Cl)c(/C(O)=C2\C(=O)C(=O)N(C3CCCC3)C2c2ccc(C(C)C)cc2)c1. The maximum Gasteiger partial charge on any atom is 0.295 e. The number of aliphatic hydroxyl groups is 1. The van der Waals surface area contributed by atoms with E-state index in [9.17, 15) is 14.7 Å². The number of Topliss-reactive ketones (excluding diaryl/α,β-unsaturated/α-hetero) is 1. The van der Waals surface area contributed by atoms with E-state index in [1.54, 1.807) is 23.1 Å². The Labute approximate surface area is 200 Å². The third-order valence-corrected chi connectivity index (χ3v) is 6.95. The highest BCUT2D eigenvalue weighted by Gasteiger charge is 2.49. The van der Waals surface area contributed by atoms with E-state index < -0.39 is 17.7 Å². The van der Waals surface area contributed by atoms with Gasteiger partial charge in [0.2, 0.25) is 0 Å². The van der Waals surface area contributed by atoms with E-state index in [0.717, 1.165) is 31.2 Å². The molecule has 1 heterocycles. The zero-order valence-corrected chi connectivity index (χ0v) is 20.1. The largest absolute Gasteiger partial charge is 0.507 e. The van der Waals surface area contributed by atoms with E-state index in [0.29, 0.717) is 18.3 Å². The number of carbonyl (C=O) groups excluding carboxylic acids is 2. The molecule has 1 atom stereocenters. The van der Waals surface area contributed by atoms with Gasteiger partial charge in [-0.1, -0.05) is 62.6 Å². The third kappa shape index (κ3) is 4.39. The van der Waals surface area contributed by atoms with E-state index in [2.05, 4.69) is 13.8 Å². The van der Waals surface area contributed by atoms with Crippen molar-refractivity contribution in [2.45, 2.75) is 64.5 Å². The number of ether oxygens (including phenoxy) is 1. The van der Waals surface area contributed by atoms with Crippen LogP contribution >= 0.6 is 11.6 Å². The fourth-order valence-corrected chi connectivity index (χ4v) is 5.09. The molecule has 174 valence electrons. The molecule has 1 aliphatic heterocycles. The average Bonchev–Trinajstić information content (AvgIpc) is 3.42. The summed E-state index contributed by atoms with van der Waals surface area (Å²) in [6, 6.07) is 12.2. The number of likely N-dealkylation sites (tertiary alicyclic amines) is 1. The predicted octanol–water partition coefficient (Wildman–Crippen LogP) is 6.23.